The second kappa shape index (κ2) is 9.79. The Labute approximate surface area is 254 Å². The zero-order chi connectivity index (χ0) is 31.1. The summed E-state index contributed by atoms with van der Waals surface area (Å²) in [6.07, 6.45) is 10.8. The van der Waals surface area contributed by atoms with Crippen molar-refractivity contribution in [3.8, 4) is 11.1 Å². The summed E-state index contributed by atoms with van der Waals surface area (Å²) >= 11 is 0. The van der Waals surface area contributed by atoms with E-state index in [0.717, 1.165) is 64.7 Å². The molecule has 6 fully saturated rings. The summed E-state index contributed by atoms with van der Waals surface area (Å²) in [6.45, 7) is 4.83. The Morgan fingerprint density at radius 3 is 2.39 bits per heavy atom. The molecule has 0 atom stereocenters. The first-order valence-corrected chi connectivity index (χ1v) is 15.5. The number of anilines is 1. The molecule has 0 unspecified atom stereocenters. The highest BCUT2D eigenvalue weighted by Crippen LogP contribution is 2.59. The van der Waals surface area contributed by atoms with Crippen molar-refractivity contribution in [1.82, 2.24) is 25.2 Å². The fourth-order valence-electron chi connectivity index (χ4n) is 7.88. The first-order chi connectivity index (χ1) is 20.7. The van der Waals surface area contributed by atoms with Crippen molar-refractivity contribution in [2.24, 2.45) is 11.3 Å². The van der Waals surface area contributed by atoms with Gasteiger partial charge in [-0.2, -0.15) is 18.9 Å². The molecule has 2 aromatic heterocycles. The maximum absolute atomic E-state index is 15.2. The fraction of sp³-hybridized carbons (Fsp3) is 0.625. The molecule has 3 aromatic rings. The Kier molecular flexibility index (Phi) is 6.52. The molecule has 44 heavy (non-hydrogen) atoms. The lowest BCUT2D eigenvalue weighted by molar-refractivity contribution is -0.0400. The molecule has 6 aliphatic carbocycles. The molecule has 2 amide bonds. The number of nitrogens with zero attached hydrogens (tertiary/aromatic N) is 5. The second-order valence-electron chi connectivity index (χ2n) is 14.8. The molecular formula is C32H39F3N6O3. The van der Waals surface area contributed by atoms with Gasteiger partial charge in [-0.3, -0.25) is 9.58 Å². The molecule has 2 heterocycles. The average Bonchev–Trinajstić information content (AvgIpc) is 3.60. The third-order valence-electron chi connectivity index (χ3n) is 10.6. The molecule has 9 nitrogen and oxygen atoms in total. The zero-order valence-electron chi connectivity index (χ0n) is 25.4. The van der Waals surface area contributed by atoms with Crippen LogP contribution in [0.4, 0.5) is 23.7 Å². The van der Waals surface area contributed by atoms with E-state index < -0.39 is 28.6 Å². The van der Waals surface area contributed by atoms with Gasteiger partial charge in [0.2, 0.25) is 0 Å². The van der Waals surface area contributed by atoms with Crippen LogP contribution in [0, 0.1) is 17.2 Å². The Morgan fingerprint density at radius 1 is 1.14 bits per heavy atom. The lowest BCUT2D eigenvalue weighted by atomic mass is 9.50. The van der Waals surface area contributed by atoms with E-state index in [1.165, 1.54) is 6.07 Å². The van der Waals surface area contributed by atoms with Crippen LogP contribution in [-0.2, 0) is 17.9 Å². The number of aliphatic hydroxyl groups is 1. The number of hydrogen-bond acceptors (Lipinski definition) is 6. The molecule has 12 heteroatoms. The summed E-state index contributed by atoms with van der Waals surface area (Å²) in [5.74, 6) is -3.21. The molecule has 6 saturated carbocycles. The van der Waals surface area contributed by atoms with Crippen LogP contribution in [0.1, 0.15) is 90.3 Å². The highest BCUT2D eigenvalue weighted by molar-refractivity contribution is 5.93. The number of benzene rings is 1. The Bertz CT molecular complexity index is 1550. The number of rotatable bonds is 9. The summed E-state index contributed by atoms with van der Waals surface area (Å²) in [5.41, 5.74) is -0.202. The molecule has 4 bridgehead atoms. The van der Waals surface area contributed by atoms with E-state index in [-0.39, 0.29) is 23.5 Å². The van der Waals surface area contributed by atoms with E-state index in [0.29, 0.717) is 35.1 Å². The Morgan fingerprint density at radius 2 is 1.82 bits per heavy atom. The van der Waals surface area contributed by atoms with Gasteiger partial charge in [0.15, 0.2) is 5.82 Å². The van der Waals surface area contributed by atoms with Gasteiger partial charge in [0, 0.05) is 47.4 Å². The number of nitrogens with one attached hydrogen (secondary N) is 1. The van der Waals surface area contributed by atoms with Gasteiger partial charge in [0.25, 0.3) is 5.89 Å². The number of alkyl halides is 2. The number of fused-ring (bicyclic) bond motifs is 3. The van der Waals surface area contributed by atoms with E-state index >= 15 is 4.39 Å². The van der Waals surface area contributed by atoms with Crippen LogP contribution < -0.4 is 10.2 Å². The van der Waals surface area contributed by atoms with Crippen LogP contribution in [-0.4, -0.2) is 48.7 Å². The second-order valence-corrected chi connectivity index (χ2v) is 14.8. The Balaban J connectivity index is 1.15. The minimum Gasteiger partial charge on any atom is -0.389 e. The van der Waals surface area contributed by atoms with Gasteiger partial charge in [0.1, 0.15) is 5.82 Å². The number of amides is 2. The average molecular weight is 613 g/mol. The number of carbonyl (C=O) groups is 1. The first kappa shape index (κ1) is 29.3. The van der Waals surface area contributed by atoms with Crippen molar-refractivity contribution >= 4 is 11.7 Å². The number of urea groups is 1. The third-order valence-corrected chi connectivity index (χ3v) is 10.6. The predicted octanol–water partition coefficient (Wildman–Crippen LogP) is 6.32. The van der Waals surface area contributed by atoms with E-state index in [2.05, 4.69) is 20.6 Å². The van der Waals surface area contributed by atoms with E-state index in [1.54, 1.807) is 48.0 Å². The smallest absolute Gasteiger partial charge is 0.322 e. The quantitative estimate of drug-likeness (QED) is 0.293. The highest BCUT2D eigenvalue weighted by Gasteiger charge is 2.58. The van der Waals surface area contributed by atoms with Gasteiger partial charge in [-0.1, -0.05) is 5.16 Å². The van der Waals surface area contributed by atoms with Crippen LogP contribution in [0.15, 0.2) is 35.1 Å². The normalized spacial score (nSPS) is 29.2. The van der Waals surface area contributed by atoms with Gasteiger partial charge in [-0.15, -0.1) is 0 Å². The number of halogens is 3. The summed E-state index contributed by atoms with van der Waals surface area (Å²) in [6, 6.07) is 4.57. The summed E-state index contributed by atoms with van der Waals surface area (Å²) in [4.78, 5) is 19.8. The van der Waals surface area contributed by atoms with Crippen molar-refractivity contribution < 1.29 is 27.6 Å². The summed E-state index contributed by atoms with van der Waals surface area (Å²) in [5, 5.41) is 21.8. The predicted molar refractivity (Wildman–Crippen MR) is 156 cm³/mol. The van der Waals surface area contributed by atoms with Gasteiger partial charge in [-0.05, 0) is 101 Å². The van der Waals surface area contributed by atoms with Gasteiger partial charge in [-0.25, -0.2) is 9.18 Å². The van der Waals surface area contributed by atoms with Gasteiger partial charge >= 0.3 is 12.0 Å². The van der Waals surface area contributed by atoms with E-state index in [9.17, 15) is 18.7 Å². The molecule has 9 rings (SSSR count). The van der Waals surface area contributed by atoms with Crippen molar-refractivity contribution in [2.45, 2.75) is 108 Å². The molecule has 6 aliphatic rings. The number of carbonyl (C=O) groups excluding carboxylic acids is 1. The monoisotopic (exact) mass is 612 g/mol. The van der Waals surface area contributed by atoms with E-state index in [1.807, 2.05) is 0 Å². The summed E-state index contributed by atoms with van der Waals surface area (Å²) < 4.78 is 49.4. The minimum atomic E-state index is -3.19. The lowest BCUT2D eigenvalue weighted by Crippen LogP contribution is -2.70. The number of hydrogen-bond donors (Lipinski definition) is 2. The van der Waals surface area contributed by atoms with Crippen LogP contribution in [0.3, 0.4) is 0 Å². The fourth-order valence-corrected chi connectivity index (χ4v) is 7.88. The maximum atomic E-state index is 15.2. The molecular weight excluding hydrogens is 573 g/mol. The lowest BCUT2D eigenvalue weighted by Gasteiger charge is -2.62. The molecule has 0 saturated heterocycles. The number of aromatic nitrogens is 4. The molecule has 2 N–H and O–H groups in total. The largest absolute Gasteiger partial charge is 0.389 e. The topological polar surface area (TPSA) is 109 Å². The SMILES string of the molecule is CC(C)(O)Cn1cc(-c2cc(N(CC34CCC(c5noc(C(C)(F)F)n5)(CC3)CC4)C(=O)NC34CC(C3)C4)ccc2F)cn1. The maximum Gasteiger partial charge on any atom is 0.322 e. The van der Waals surface area contributed by atoms with Crippen LogP contribution in [0.2, 0.25) is 0 Å². The zero-order valence-corrected chi connectivity index (χ0v) is 25.4. The molecule has 0 spiro atoms. The van der Waals surface area contributed by atoms with Crippen molar-refractivity contribution in [1.29, 1.82) is 0 Å². The van der Waals surface area contributed by atoms with E-state index in [4.69, 9.17) is 4.52 Å². The van der Waals surface area contributed by atoms with Crippen LogP contribution in [0.5, 0.6) is 0 Å². The van der Waals surface area contributed by atoms with Gasteiger partial charge < -0.3 is 14.9 Å². The summed E-state index contributed by atoms with van der Waals surface area (Å²) in [7, 11) is 0. The van der Waals surface area contributed by atoms with Crippen molar-refractivity contribution in [3.63, 3.8) is 0 Å². The van der Waals surface area contributed by atoms with Crippen molar-refractivity contribution in [2.75, 3.05) is 11.4 Å². The van der Waals surface area contributed by atoms with Gasteiger partial charge in [0.05, 0.1) is 18.3 Å². The third kappa shape index (κ3) is 5.18. The Hall–Kier alpha value is -3.41. The molecule has 1 aromatic carbocycles. The highest BCUT2D eigenvalue weighted by atomic mass is 19.3. The minimum absolute atomic E-state index is 0.134. The van der Waals surface area contributed by atoms with Crippen LogP contribution >= 0.6 is 0 Å². The molecule has 0 radical (unpaired) electrons. The molecule has 236 valence electrons. The molecule has 0 aliphatic heterocycles. The standard InChI is InChI=1S/C32H39F3N6O3/c1-28(2,43)18-40-17-21(16-36-40)23-12-22(4-5-24(23)33)41(27(42)38-32-13-20(14-32)15-32)19-30-6-9-31(10-7-30,11-8-30)25-37-26(44-39-25)29(3,34)35/h4-5,12,16-17,20,43H,6-11,13-15,18-19H2,1-3H3,(H,38,42). The van der Waals surface area contributed by atoms with Crippen molar-refractivity contribution in [3.05, 3.63) is 48.1 Å². The van der Waals surface area contributed by atoms with Crippen LogP contribution in [0.25, 0.3) is 11.1 Å². The first-order valence-electron chi connectivity index (χ1n) is 15.5.